The first-order chi connectivity index (χ1) is 25.5. The van der Waals surface area contributed by atoms with Crippen LogP contribution in [0.3, 0.4) is 0 Å². The average Bonchev–Trinajstić information content (AvgIpc) is 3.14. The fourth-order valence-corrected chi connectivity index (χ4v) is 6.24. The second kappa shape index (κ2) is 41.6. The first-order valence-electron chi connectivity index (χ1n) is 22.3. The molecule has 0 saturated carbocycles. The molecule has 0 fully saturated rings. The molecule has 0 aromatic heterocycles. The lowest BCUT2D eigenvalue weighted by Crippen LogP contribution is -2.30. The Morgan fingerprint density at radius 3 is 1.06 bits per heavy atom. The van der Waals surface area contributed by atoms with E-state index < -0.39 is 6.10 Å². The highest BCUT2D eigenvalue weighted by Gasteiger charge is 2.19. The van der Waals surface area contributed by atoms with Crippen molar-refractivity contribution in [3.05, 3.63) is 24.3 Å². The van der Waals surface area contributed by atoms with Gasteiger partial charge in [0.15, 0.2) is 6.10 Å². The molecule has 0 aromatic rings. The minimum Gasteiger partial charge on any atom is -0.462 e. The minimum atomic E-state index is -0.771. The molecule has 0 unspecified atom stereocenters. The summed E-state index contributed by atoms with van der Waals surface area (Å²) in [6.45, 7) is 6.55. The van der Waals surface area contributed by atoms with Gasteiger partial charge in [0, 0.05) is 19.3 Å². The summed E-state index contributed by atoms with van der Waals surface area (Å²) in [5.41, 5.74) is 0. The summed E-state index contributed by atoms with van der Waals surface area (Å²) >= 11 is 0. The van der Waals surface area contributed by atoms with Crippen LogP contribution in [0.2, 0.25) is 0 Å². The van der Waals surface area contributed by atoms with Crippen LogP contribution in [-0.2, 0) is 28.6 Å². The van der Waals surface area contributed by atoms with E-state index in [4.69, 9.17) is 14.2 Å². The molecule has 6 nitrogen and oxygen atoms in total. The lowest BCUT2D eigenvalue weighted by atomic mass is 10.1. The maximum atomic E-state index is 12.7. The first kappa shape index (κ1) is 49.9. The fourth-order valence-electron chi connectivity index (χ4n) is 6.24. The van der Waals surface area contributed by atoms with Gasteiger partial charge in [-0.3, -0.25) is 14.4 Å². The molecule has 0 spiro atoms. The number of esters is 3. The van der Waals surface area contributed by atoms with E-state index >= 15 is 0 Å². The Labute approximate surface area is 322 Å². The first-order valence-corrected chi connectivity index (χ1v) is 22.3. The van der Waals surface area contributed by atoms with Gasteiger partial charge >= 0.3 is 17.9 Å². The minimum absolute atomic E-state index is 0.0747. The van der Waals surface area contributed by atoms with Crippen LogP contribution >= 0.6 is 0 Å². The van der Waals surface area contributed by atoms with E-state index in [2.05, 4.69) is 45.1 Å². The molecule has 0 heterocycles. The van der Waals surface area contributed by atoms with Crippen molar-refractivity contribution in [1.82, 2.24) is 0 Å². The van der Waals surface area contributed by atoms with Gasteiger partial charge in [-0.05, 0) is 64.2 Å². The summed E-state index contributed by atoms with van der Waals surface area (Å²) in [5.74, 6) is -0.892. The van der Waals surface area contributed by atoms with Crippen molar-refractivity contribution in [2.75, 3.05) is 13.2 Å². The standard InChI is InChI=1S/C46H84O6/c1-4-7-10-13-16-19-22-25-27-30-33-36-39-45(48)51-42-43(52-46(49)40-37-34-31-28-24-21-18-15-12-9-6-3)41-50-44(47)38-35-32-29-26-23-20-17-14-11-8-5-2/h15-16,18-19,43H,4-14,17,20-42H2,1-3H3/b18-15-,19-16-/t43-/m1/s1. The number of unbranched alkanes of at least 4 members (excludes halogenated alkanes) is 25. The second-order valence-corrected chi connectivity index (χ2v) is 15.0. The van der Waals surface area contributed by atoms with Gasteiger partial charge in [-0.15, -0.1) is 0 Å². The molecule has 0 amide bonds. The highest BCUT2D eigenvalue weighted by molar-refractivity contribution is 5.71. The number of rotatable bonds is 40. The van der Waals surface area contributed by atoms with E-state index in [0.29, 0.717) is 19.3 Å². The molecule has 0 N–H and O–H groups in total. The Bertz CT molecular complexity index is 850. The van der Waals surface area contributed by atoms with Gasteiger partial charge in [-0.25, -0.2) is 0 Å². The van der Waals surface area contributed by atoms with Gasteiger partial charge in [-0.1, -0.05) is 173 Å². The largest absolute Gasteiger partial charge is 0.462 e. The third-order valence-corrected chi connectivity index (χ3v) is 9.68. The predicted octanol–water partition coefficient (Wildman–Crippen LogP) is 14.0. The molecule has 52 heavy (non-hydrogen) atoms. The quantitative estimate of drug-likeness (QED) is 0.0270. The van der Waals surface area contributed by atoms with E-state index in [1.807, 2.05) is 0 Å². The Kier molecular flexibility index (Phi) is 40.0. The average molecular weight is 733 g/mol. The van der Waals surface area contributed by atoms with E-state index in [-0.39, 0.29) is 31.1 Å². The van der Waals surface area contributed by atoms with Crippen LogP contribution in [0.4, 0.5) is 0 Å². The number of hydrogen-bond acceptors (Lipinski definition) is 6. The summed E-state index contributed by atoms with van der Waals surface area (Å²) in [4.78, 5) is 37.6. The van der Waals surface area contributed by atoms with Crippen molar-refractivity contribution in [1.29, 1.82) is 0 Å². The molecular weight excluding hydrogens is 648 g/mol. The van der Waals surface area contributed by atoms with Crippen molar-refractivity contribution >= 4 is 17.9 Å². The maximum absolute atomic E-state index is 12.7. The topological polar surface area (TPSA) is 78.9 Å². The van der Waals surface area contributed by atoms with Gasteiger partial charge in [-0.2, -0.15) is 0 Å². The van der Waals surface area contributed by atoms with Crippen LogP contribution in [0, 0.1) is 0 Å². The molecule has 0 aliphatic carbocycles. The molecule has 0 bridgehead atoms. The second-order valence-electron chi connectivity index (χ2n) is 15.0. The van der Waals surface area contributed by atoms with Crippen molar-refractivity contribution in [2.45, 2.75) is 239 Å². The van der Waals surface area contributed by atoms with Crippen molar-refractivity contribution in [3.63, 3.8) is 0 Å². The zero-order valence-corrected chi connectivity index (χ0v) is 34.6. The smallest absolute Gasteiger partial charge is 0.306 e. The molecule has 0 saturated heterocycles. The van der Waals surface area contributed by atoms with E-state index in [9.17, 15) is 14.4 Å². The molecule has 1 atom stereocenters. The molecule has 6 heteroatoms. The zero-order valence-electron chi connectivity index (χ0n) is 34.6. The normalized spacial score (nSPS) is 12.1. The van der Waals surface area contributed by atoms with Crippen LogP contribution < -0.4 is 0 Å². The summed E-state index contributed by atoms with van der Waals surface area (Å²) in [5, 5.41) is 0. The molecular formula is C46H84O6. The summed E-state index contributed by atoms with van der Waals surface area (Å²) in [6.07, 6.45) is 44.4. The molecule has 0 aliphatic rings. The number of allylic oxidation sites excluding steroid dienone is 4. The Morgan fingerprint density at radius 2 is 0.654 bits per heavy atom. The SMILES string of the molecule is CCCC/C=C\CCCCCCCC(=O)O[C@@H](COC(=O)CCCCCCC/C=C\CCCCC)COC(=O)CCCCCCCCCCCCC. The molecule has 0 aromatic carbocycles. The molecule has 0 rings (SSSR count). The van der Waals surface area contributed by atoms with Gasteiger partial charge in [0.1, 0.15) is 13.2 Å². The third kappa shape index (κ3) is 39.1. The lowest BCUT2D eigenvalue weighted by molar-refractivity contribution is -0.167. The van der Waals surface area contributed by atoms with Crippen LogP contribution in [0.5, 0.6) is 0 Å². The summed E-state index contributed by atoms with van der Waals surface area (Å²) < 4.78 is 16.7. The molecule has 0 aliphatic heterocycles. The van der Waals surface area contributed by atoms with Crippen LogP contribution in [0.15, 0.2) is 24.3 Å². The van der Waals surface area contributed by atoms with Gasteiger partial charge in [0.2, 0.25) is 0 Å². The van der Waals surface area contributed by atoms with Crippen LogP contribution in [-0.4, -0.2) is 37.2 Å². The van der Waals surface area contributed by atoms with Gasteiger partial charge < -0.3 is 14.2 Å². The van der Waals surface area contributed by atoms with E-state index in [0.717, 1.165) is 77.0 Å². The highest BCUT2D eigenvalue weighted by Crippen LogP contribution is 2.14. The van der Waals surface area contributed by atoms with E-state index in [1.165, 1.54) is 116 Å². The predicted molar refractivity (Wildman–Crippen MR) is 219 cm³/mol. The Balaban J connectivity index is 4.38. The van der Waals surface area contributed by atoms with Crippen molar-refractivity contribution in [2.24, 2.45) is 0 Å². The summed E-state index contributed by atoms with van der Waals surface area (Å²) in [6, 6.07) is 0. The Hall–Kier alpha value is -2.11. The fraction of sp³-hybridized carbons (Fsp3) is 0.848. The van der Waals surface area contributed by atoms with E-state index in [1.54, 1.807) is 0 Å². The van der Waals surface area contributed by atoms with Crippen molar-refractivity contribution in [3.8, 4) is 0 Å². The monoisotopic (exact) mass is 733 g/mol. The van der Waals surface area contributed by atoms with Crippen molar-refractivity contribution < 1.29 is 28.6 Å². The van der Waals surface area contributed by atoms with Gasteiger partial charge in [0.25, 0.3) is 0 Å². The third-order valence-electron chi connectivity index (χ3n) is 9.68. The zero-order chi connectivity index (χ0) is 38.0. The number of carbonyl (C=O) groups excluding carboxylic acids is 3. The highest BCUT2D eigenvalue weighted by atomic mass is 16.6. The molecule has 304 valence electrons. The van der Waals surface area contributed by atoms with Gasteiger partial charge in [0.05, 0.1) is 0 Å². The Morgan fingerprint density at radius 1 is 0.365 bits per heavy atom. The molecule has 0 radical (unpaired) electrons. The lowest BCUT2D eigenvalue weighted by Gasteiger charge is -2.18. The number of ether oxygens (including phenoxy) is 3. The van der Waals surface area contributed by atoms with Crippen LogP contribution in [0.1, 0.15) is 233 Å². The van der Waals surface area contributed by atoms with Crippen LogP contribution in [0.25, 0.3) is 0 Å². The number of carbonyl (C=O) groups is 3. The number of hydrogen-bond donors (Lipinski definition) is 0. The summed E-state index contributed by atoms with van der Waals surface area (Å²) in [7, 11) is 0. The maximum Gasteiger partial charge on any atom is 0.306 e.